The van der Waals surface area contributed by atoms with Crippen LogP contribution in [0.25, 0.3) is 12.2 Å². The normalized spacial score (nSPS) is 11.3. The van der Waals surface area contributed by atoms with Crippen LogP contribution in [0.4, 0.5) is 5.69 Å². The molecule has 3 aromatic rings. The number of aromatic hydroxyl groups is 1. The fourth-order valence-corrected chi connectivity index (χ4v) is 4.83. The van der Waals surface area contributed by atoms with E-state index in [-0.39, 0.29) is 27.1 Å². The summed E-state index contributed by atoms with van der Waals surface area (Å²) in [5.74, 6) is 1.44. The maximum Gasteiger partial charge on any atom is 0.262 e. The smallest absolute Gasteiger partial charge is 0.262 e. The van der Waals surface area contributed by atoms with E-state index in [2.05, 4.69) is 4.72 Å². The monoisotopic (exact) mass is 535 g/mol. The number of halogens is 1. The fourth-order valence-electron chi connectivity index (χ4n) is 3.43. The van der Waals surface area contributed by atoms with Crippen LogP contribution in [0.15, 0.2) is 47.4 Å². The highest BCUT2D eigenvalue weighted by atomic mass is 35.5. The van der Waals surface area contributed by atoms with Crippen molar-refractivity contribution in [2.45, 2.75) is 4.90 Å². The molecule has 9 nitrogen and oxygen atoms in total. The number of hydrogen-bond donors (Lipinski definition) is 2. The third-order valence-corrected chi connectivity index (χ3v) is 6.79. The van der Waals surface area contributed by atoms with E-state index in [1.165, 1.54) is 65.9 Å². The van der Waals surface area contributed by atoms with Gasteiger partial charge >= 0.3 is 0 Å². The van der Waals surface area contributed by atoms with Crippen molar-refractivity contribution in [3.05, 3.63) is 58.6 Å². The number of nitrogens with one attached hydrogen (secondary N) is 1. The minimum absolute atomic E-state index is 0.0361. The summed E-state index contributed by atoms with van der Waals surface area (Å²) in [5, 5.41) is 10.6. The van der Waals surface area contributed by atoms with Crippen LogP contribution in [-0.2, 0) is 10.0 Å². The number of hydrogen-bond acceptors (Lipinski definition) is 8. The Morgan fingerprint density at radius 2 is 1.31 bits per heavy atom. The third kappa shape index (κ3) is 5.72. The maximum atomic E-state index is 13.0. The van der Waals surface area contributed by atoms with Gasteiger partial charge in [0.05, 0.1) is 51.2 Å². The zero-order valence-corrected chi connectivity index (χ0v) is 21.9. The number of anilines is 1. The molecule has 0 aliphatic rings. The van der Waals surface area contributed by atoms with Gasteiger partial charge in [0.25, 0.3) is 10.0 Å². The molecule has 192 valence electrons. The van der Waals surface area contributed by atoms with Crippen LogP contribution in [0.3, 0.4) is 0 Å². The molecule has 2 N–H and O–H groups in total. The number of phenols is 1. The van der Waals surface area contributed by atoms with Gasteiger partial charge in [-0.3, -0.25) is 4.72 Å². The quantitative estimate of drug-likeness (QED) is 0.346. The molecule has 0 fully saturated rings. The molecule has 0 heterocycles. The van der Waals surface area contributed by atoms with Crippen molar-refractivity contribution in [1.29, 1.82) is 0 Å². The fraction of sp³-hybridized carbons (Fsp3) is 0.200. The first-order valence-corrected chi connectivity index (χ1v) is 12.3. The maximum absolute atomic E-state index is 13.0. The van der Waals surface area contributed by atoms with Crippen LogP contribution >= 0.6 is 11.6 Å². The molecule has 36 heavy (non-hydrogen) atoms. The number of benzene rings is 3. The van der Waals surface area contributed by atoms with Crippen LogP contribution in [0.5, 0.6) is 34.5 Å². The van der Waals surface area contributed by atoms with Crippen molar-refractivity contribution in [2.75, 3.05) is 40.3 Å². The Hall–Kier alpha value is -3.76. The summed E-state index contributed by atoms with van der Waals surface area (Å²) in [6.45, 7) is 0. The first kappa shape index (κ1) is 26.8. The molecule has 0 aliphatic carbocycles. The molecule has 0 saturated carbocycles. The highest BCUT2D eigenvalue weighted by Gasteiger charge is 2.20. The third-order valence-electron chi connectivity index (χ3n) is 5.13. The predicted octanol–water partition coefficient (Wildman–Crippen LogP) is 5.06. The Bertz CT molecular complexity index is 1360. The topological polar surface area (TPSA) is 113 Å². The highest BCUT2D eigenvalue weighted by molar-refractivity contribution is 7.92. The van der Waals surface area contributed by atoms with E-state index < -0.39 is 10.0 Å². The Labute approximate surface area is 214 Å². The molecule has 0 spiro atoms. The lowest BCUT2D eigenvalue weighted by molar-refractivity contribution is 0.324. The van der Waals surface area contributed by atoms with E-state index in [4.69, 9.17) is 35.3 Å². The second-order valence-corrected chi connectivity index (χ2v) is 9.40. The molecular formula is C25H26ClNO8S. The van der Waals surface area contributed by atoms with Gasteiger partial charge in [0, 0.05) is 0 Å². The molecule has 0 bridgehead atoms. The van der Waals surface area contributed by atoms with Crippen LogP contribution in [0.1, 0.15) is 11.1 Å². The second-order valence-electron chi connectivity index (χ2n) is 7.31. The zero-order valence-electron chi connectivity index (χ0n) is 20.3. The van der Waals surface area contributed by atoms with Gasteiger partial charge < -0.3 is 28.8 Å². The Balaban J connectivity index is 1.99. The largest absolute Gasteiger partial charge is 0.504 e. The summed E-state index contributed by atoms with van der Waals surface area (Å²) in [5.41, 5.74) is 1.25. The summed E-state index contributed by atoms with van der Waals surface area (Å²) in [7, 11) is 3.22. The van der Waals surface area contributed by atoms with E-state index in [1.807, 2.05) is 0 Å². The van der Waals surface area contributed by atoms with E-state index in [0.29, 0.717) is 28.6 Å². The minimum atomic E-state index is -4.07. The van der Waals surface area contributed by atoms with E-state index >= 15 is 0 Å². The van der Waals surface area contributed by atoms with Gasteiger partial charge in [-0.15, -0.1) is 0 Å². The molecule has 0 amide bonds. The Kier molecular flexibility index (Phi) is 8.44. The van der Waals surface area contributed by atoms with Crippen LogP contribution < -0.4 is 28.4 Å². The van der Waals surface area contributed by atoms with Gasteiger partial charge in [0.15, 0.2) is 23.0 Å². The van der Waals surface area contributed by atoms with Gasteiger partial charge in [-0.05, 0) is 53.6 Å². The molecule has 0 radical (unpaired) electrons. The molecule has 0 aliphatic heterocycles. The molecule has 0 atom stereocenters. The highest BCUT2D eigenvalue weighted by Crippen LogP contribution is 2.40. The summed E-state index contributed by atoms with van der Waals surface area (Å²) in [6, 6.07) is 10.5. The van der Waals surface area contributed by atoms with Crippen molar-refractivity contribution < 1.29 is 37.2 Å². The number of rotatable bonds is 10. The second kappa shape index (κ2) is 11.3. The van der Waals surface area contributed by atoms with Crippen molar-refractivity contribution in [3.8, 4) is 34.5 Å². The van der Waals surface area contributed by atoms with Crippen molar-refractivity contribution >= 4 is 39.5 Å². The van der Waals surface area contributed by atoms with E-state index in [9.17, 15) is 13.5 Å². The molecule has 0 unspecified atom stereocenters. The first-order chi connectivity index (χ1) is 17.2. The average Bonchev–Trinajstić information content (AvgIpc) is 2.86. The number of ether oxygens (including phenoxy) is 5. The zero-order chi connectivity index (χ0) is 26.5. The van der Waals surface area contributed by atoms with Crippen LogP contribution in [-0.4, -0.2) is 49.1 Å². The van der Waals surface area contributed by atoms with Crippen LogP contribution in [0.2, 0.25) is 5.02 Å². The molecule has 0 aromatic heterocycles. The number of sulfonamides is 1. The van der Waals surface area contributed by atoms with Crippen molar-refractivity contribution in [3.63, 3.8) is 0 Å². The molecule has 0 saturated heterocycles. The van der Waals surface area contributed by atoms with Gasteiger partial charge in [-0.1, -0.05) is 23.8 Å². The van der Waals surface area contributed by atoms with Crippen molar-refractivity contribution in [2.24, 2.45) is 0 Å². The molecule has 11 heteroatoms. The number of phenolic OH excluding ortho intramolecular Hbond substituents is 1. The van der Waals surface area contributed by atoms with E-state index in [1.54, 1.807) is 24.3 Å². The molecular weight excluding hydrogens is 510 g/mol. The lowest BCUT2D eigenvalue weighted by Crippen LogP contribution is -2.14. The molecule has 3 rings (SSSR count). The van der Waals surface area contributed by atoms with Crippen LogP contribution in [0, 0.1) is 0 Å². The lowest BCUT2D eigenvalue weighted by atomic mass is 10.1. The number of methoxy groups -OCH3 is 5. The first-order valence-electron chi connectivity index (χ1n) is 10.4. The van der Waals surface area contributed by atoms with Gasteiger partial charge in [0.1, 0.15) is 5.75 Å². The summed E-state index contributed by atoms with van der Waals surface area (Å²) in [6.07, 6.45) is 3.43. The Morgan fingerprint density at radius 1 is 0.750 bits per heavy atom. The van der Waals surface area contributed by atoms with Gasteiger partial charge in [-0.25, -0.2) is 8.42 Å². The standard InChI is InChI=1S/C25H26ClNO8S/c1-31-21-9-8-17(14-18(21)26)36(29,30)27-19-10-15(11-20(28)24(19)34-4)6-7-16-12-22(32-2)25(35-5)23(13-16)33-3/h6-14,27-28H,1-5H3/b7-6-. The SMILES string of the molecule is COc1ccc(S(=O)(=O)Nc2cc(/C=C\c3cc(OC)c(OC)c(OC)c3)cc(O)c2OC)cc1Cl. The van der Waals surface area contributed by atoms with Gasteiger partial charge in [-0.2, -0.15) is 0 Å². The molecule has 3 aromatic carbocycles. The lowest BCUT2D eigenvalue weighted by Gasteiger charge is -2.15. The minimum Gasteiger partial charge on any atom is -0.504 e. The predicted molar refractivity (Wildman–Crippen MR) is 138 cm³/mol. The van der Waals surface area contributed by atoms with E-state index in [0.717, 1.165) is 5.56 Å². The Morgan fingerprint density at radius 3 is 1.81 bits per heavy atom. The van der Waals surface area contributed by atoms with Gasteiger partial charge in [0.2, 0.25) is 5.75 Å². The summed E-state index contributed by atoms with van der Waals surface area (Å²) < 4.78 is 54.9. The average molecular weight is 536 g/mol. The van der Waals surface area contributed by atoms with Crippen molar-refractivity contribution in [1.82, 2.24) is 0 Å². The summed E-state index contributed by atoms with van der Waals surface area (Å²) in [4.78, 5) is -0.0896. The summed E-state index contributed by atoms with van der Waals surface area (Å²) >= 11 is 6.09.